The Morgan fingerprint density at radius 2 is 1.90 bits per heavy atom. The molecule has 0 bridgehead atoms. The van der Waals surface area contributed by atoms with Gasteiger partial charge in [0, 0.05) is 51.8 Å². The fourth-order valence-electron chi connectivity index (χ4n) is 3.94. The molecular formula is C21H27N5O3. The van der Waals surface area contributed by atoms with Crippen LogP contribution in [0.2, 0.25) is 0 Å². The maximum Gasteiger partial charge on any atom is 0.238 e. The maximum atomic E-state index is 12.6. The summed E-state index contributed by atoms with van der Waals surface area (Å²) in [5, 5.41) is 7.05. The van der Waals surface area contributed by atoms with Crippen molar-refractivity contribution >= 4 is 23.2 Å². The van der Waals surface area contributed by atoms with E-state index in [-0.39, 0.29) is 11.8 Å². The monoisotopic (exact) mass is 397 g/mol. The standard InChI is InChI=1S/C21H27N5O3/c1-16-13-17(23-29-16)14-24-9-11-25(12-10-24)15-20(27)22-18-5-2-3-6-19(18)26-8-4-7-21(26)28/h2-3,5-6,13H,4,7-12,14-15H2,1H3,(H,22,27). The van der Waals surface area contributed by atoms with Crippen LogP contribution in [0.25, 0.3) is 0 Å². The van der Waals surface area contributed by atoms with Crippen molar-refractivity contribution < 1.29 is 14.1 Å². The second-order valence-electron chi connectivity index (χ2n) is 7.70. The summed E-state index contributed by atoms with van der Waals surface area (Å²) in [5.41, 5.74) is 2.44. The van der Waals surface area contributed by atoms with Crippen molar-refractivity contribution in [3.05, 3.63) is 41.8 Å². The number of amides is 2. The van der Waals surface area contributed by atoms with Crippen LogP contribution >= 0.6 is 0 Å². The number of nitrogens with zero attached hydrogens (tertiary/aromatic N) is 4. The van der Waals surface area contributed by atoms with E-state index in [1.165, 1.54) is 0 Å². The zero-order valence-electron chi connectivity index (χ0n) is 16.8. The smallest absolute Gasteiger partial charge is 0.238 e. The van der Waals surface area contributed by atoms with Gasteiger partial charge in [-0.3, -0.25) is 19.4 Å². The molecule has 2 aliphatic rings. The van der Waals surface area contributed by atoms with E-state index >= 15 is 0 Å². The first-order valence-corrected chi connectivity index (χ1v) is 10.1. The molecule has 0 spiro atoms. The van der Waals surface area contributed by atoms with Crippen LogP contribution in [0.15, 0.2) is 34.9 Å². The van der Waals surface area contributed by atoms with E-state index < -0.39 is 0 Å². The molecule has 0 unspecified atom stereocenters. The molecule has 8 heteroatoms. The van der Waals surface area contributed by atoms with Crippen LogP contribution in [0.5, 0.6) is 0 Å². The minimum atomic E-state index is -0.0512. The van der Waals surface area contributed by atoms with Gasteiger partial charge in [-0.1, -0.05) is 17.3 Å². The highest BCUT2D eigenvalue weighted by Gasteiger charge is 2.25. The molecule has 1 aromatic heterocycles. The number of carbonyl (C=O) groups excluding carboxylic acids is 2. The van der Waals surface area contributed by atoms with E-state index in [1.54, 1.807) is 4.90 Å². The van der Waals surface area contributed by atoms with Gasteiger partial charge in [0.25, 0.3) is 0 Å². The Hall–Kier alpha value is -2.71. The number of aryl methyl sites for hydroxylation is 1. The average Bonchev–Trinajstić information content (AvgIpc) is 3.32. The number of hydrogen-bond acceptors (Lipinski definition) is 6. The number of para-hydroxylation sites is 2. The molecule has 2 aromatic rings. The number of nitrogens with one attached hydrogen (secondary N) is 1. The fourth-order valence-corrected chi connectivity index (χ4v) is 3.94. The number of rotatable bonds is 6. The SMILES string of the molecule is Cc1cc(CN2CCN(CC(=O)Nc3ccccc3N3CCCC3=O)CC2)no1. The predicted octanol–water partition coefficient (Wildman–Crippen LogP) is 1.87. The van der Waals surface area contributed by atoms with Gasteiger partial charge in [0.05, 0.1) is 23.6 Å². The number of carbonyl (C=O) groups is 2. The molecule has 154 valence electrons. The second-order valence-corrected chi connectivity index (χ2v) is 7.70. The number of piperazine rings is 1. The van der Waals surface area contributed by atoms with E-state index in [0.717, 1.165) is 56.3 Å². The van der Waals surface area contributed by atoms with Crippen molar-refractivity contribution in [3.8, 4) is 0 Å². The lowest BCUT2D eigenvalue weighted by Gasteiger charge is -2.33. The Balaban J connectivity index is 1.28. The first-order chi connectivity index (χ1) is 14.1. The lowest BCUT2D eigenvalue weighted by atomic mass is 10.2. The van der Waals surface area contributed by atoms with Gasteiger partial charge < -0.3 is 14.7 Å². The quantitative estimate of drug-likeness (QED) is 0.801. The van der Waals surface area contributed by atoms with E-state index in [9.17, 15) is 9.59 Å². The molecule has 0 aliphatic carbocycles. The van der Waals surface area contributed by atoms with Gasteiger partial charge in [-0.2, -0.15) is 0 Å². The van der Waals surface area contributed by atoms with Gasteiger partial charge >= 0.3 is 0 Å². The molecule has 2 aliphatic heterocycles. The zero-order chi connectivity index (χ0) is 20.2. The third-order valence-corrected chi connectivity index (χ3v) is 5.44. The normalized spacial score (nSPS) is 18.4. The lowest BCUT2D eigenvalue weighted by molar-refractivity contribution is -0.118. The van der Waals surface area contributed by atoms with E-state index in [2.05, 4.69) is 20.3 Å². The Bertz CT molecular complexity index is 873. The topological polar surface area (TPSA) is 81.9 Å². The highest BCUT2D eigenvalue weighted by molar-refractivity contribution is 6.02. The van der Waals surface area contributed by atoms with E-state index in [1.807, 2.05) is 37.3 Å². The first-order valence-electron chi connectivity index (χ1n) is 10.1. The van der Waals surface area contributed by atoms with Crippen molar-refractivity contribution in [2.75, 3.05) is 49.5 Å². The van der Waals surface area contributed by atoms with Crippen LogP contribution in [-0.2, 0) is 16.1 Å². The Labute approximate surface area is 170 Å². The molecule has 1 N–H and O–H groups in total. The first kappa shape index (κ1) is 19.6. The molecule has 2 fully saturated rings. The van der Waals surface area contributed by atoms with Gasteiger partial charge in [-0.15, -0.1) is 0 Å². The summed E-state index contributed by atoms with van der Waals surface area (Å²) >= 11 is 0. The lowest BCUT2D eigenvalue weighted by Crippen LogP contribution is -2.48. The van der Waals surface area contributed by atoms with Gasteiger partial charge in [-0.25, -0.2) is 0 Å². The largest absolute Gasteiger partial charge is 0.361 e. The number of anilines is 2. The summed E-state index contributed by atoms with van der Waals surface area (Å²) in [6.45, 7) is 7.15. The predicted molar refractivity (Wildman–Crippen MR) is 110 cm³/mol. The third-order valence-electron chi connectivity index (χ3n) is 5.44. The van der Waals surface area contributed by atoms with Crippen molar-refractivity contribution in [1.29, 1.82) is 0 Å². The maximum absolute atomic E-state index is 12.6. The summed E-state index contributed by atoms with van der Waals surface area (Å²) in [6.07, 6.45) is 1.43. The summed E-state index contributed by atoms with van der Waals surface area (Å²) < 4.78 is 5.12. The molecule has 8 nitrogen and oxygen atoms in total. The zero-order valence-corrected chi connectivity index (χ0v) is 16.8. The summed E-state index contributed by atoms with van der Waals surface area (Å²) in [7, 11) is 0. The molecule has 0 saturated carbocycles. The summed E-state index contributed by atoms with van der Waals surface area (Å²) in [4.78, 5) is 30.9. The molecule has 2 saturated heterocycles. The van der Waals surface area contributed by atoms with Crippen molar-refractivity contribution in [1.82, 2.24) is 15.0 Å². The van der Waals surface area contributed by atoms with Crippen LogP contribution in [0.3, 0.4) is 0 Å². The fraction of sp³-hybridized carbons (Fsp3) is 0.476. The van der Waals surface area contributed by atoms with Crippen molar-refractivity contribution in [2.45, 2.75) is 26.3 Å². The highest BCUT2D eigenvalue weighted by atomic mass is 16.5. The van der Waals surface area contributed by atoms with Gasteiger partial charge in [-0.05, 0) is 25.5 Å². The third kappa shape index (κ3) is 4.83. The molecule has 2 amide bonds. The van der Waals surface area contributed by atoms with Gasteiger partial charge in [0.2, 0.25) is 11.8 Å². The van der Waals surface area contributed by atoms with Crippen LogP contribution in [0.4, 0.5) is 11.4 Å². The second kappa shape index (κ2) is 8.75. The van der Waals surface area contributed by atoms with Crippen LogP contribution in [0.1, 0.15) is 24.3 Å². The number of aromatic nitrogens is 1. The molecule has 4 rings (SSSR count). The van der Waals surface area contributed by atoms with Crippen LogP contribution in [0, 0.1) is 6.92 Å². The Kier molecular flexibility index (Phi) is 5.92. The van der Waals surface area contributed by atoms with Crippen molar-refractivity contribution in [2.24, 2.45) is 0 Å². The minimum Gasteiger partial charge on any atom is -0.361 e. The van der Waals surface area contributed by atoms with Gasteiger partial charge in [0.15, 0.2) is 0 Å². The molecular weight excluding hydrogens is 370 g/mol. The molecule has 1 aromatic carbocycles. The molecule has 0 radical (unpaired) electrons. The van der Waals surface area contributed by atoms with Crippen LogP contribution in [-0.4, -0.2) is 66.0 Å². The number of benzene rings is 1. The van der Waals surface area contributed by atoms with E-state index in [4.69, 9.17) is 4.52 Å². The van der Waals surface area contributed by atoms with Crippen LogP contribution < -0.4 is 10.2 Å². The Morgan fingerprint density at radius 3 is 2.59 bits per heavy atom. The minimum absolute atomic E-state index is 0.0512. The molecule has 0 atom stereocenters. The number of hydrogen-bond donors (Lipinski definition) is 1. The average molecular weight is 397 g/mol. The molecule has 29 heavy (non-hydrogen) atoms. The van der Waals surface area contributed by atoms with E-state index in [0.29, 0.717) is 25.2 Å². The highest BCUT2D eigenvalue weighted by Crippen LogP contribution is 2.29. The summed E-state index contributed by atoms with van der Waals surface area (Å²) in [6, 6.07) is 9.48. The molecule has 3 heterocycles. The van der Waals surface area contributed by atoms with Gasteiger partial charge in [0.1, 0.15) is 5.76 Å². The summed E-state index contributed by atoms with van der Waals surface area (Å²) in [5.74, 6) is 0.890. The van der Waals surface area contributed by atoms with Crippen molar-refractivity contribution in [3.63, 3.8) is 0 Å². The Morgan fingerprint density at radius 1 is 1.14 bits per heavy atom.